The van der Waals surface area contributed by atoms with Crippen molar-refractivity contribution in [2.24, 2.45) is 10.7 Å². The molecule has 0 bridgehead atoms. The predicted octanol–water partition coefficient (Wildman–Crippen LogP) is -1.14. The Labute approximate surface area is 121 Å². The van der Waals surface area contributed by atoms with Crippen molar-refractivity contribution in [2.45, 2.75) is 6.04 Å². The van der Waals surface area contributed by atoms with E-state index >= 15 is 0 Å². The van der Waals surface area contributed by atoms with Crippen molar-refractivity contribution >= 4 is 17.6 Å². The van der Waals surface area contributed by atoms with Crippen LogP contribution in [0.25, 0.3) is 0 Å². The standard InChI is InChI=1S/C13H18N6O2/c14-13(15)17-12-10(2-1-3-16-12)18-4-5-19-9(6-18)7-21-8-11(19)20/h1-3,9H,4-8H2,(H4,14,15,16,17)/t9-/m1/s1. The van der Waals surface area contributed by atoms with Gasteiger partial charge in [-0.2, -0.15) is 4.99 Å². The number of nitrogens with two attached hydrogens (primary N) is 1. The van der Waals surface area contributed by atoms with E-state index in [1.807, 2.05) is 17.0 Å². The maximum absolute atomic E-state index is 11.8. The average molecular weight is 290 g/mol. The third-order valence-electron chi connectivity index (χ3n) is 3.72. The monoisotopic (exact) mass is 290 g/mol. The summed E-state index contributed by atoms with van der Waals surface area (Å²) in [6.07, 6.45) is 1.74. The summed E-state index contributed by atoms with van der Waals surface area (Å²) in [6, 6.07) is 3.87. The number of fused-ring (bicyclic) bond motifs is 1. The Morgan fingerprint density at radius 1 is 1.52 bits per heavy atom. The molecule has 2 aliphatic rings. The van der Waals surface area contributed by atoms with E-state index in [1.165, 1.54) is 0 Å². The second-order valence-electron chi connectivity index (χ2n) is 5.10. The smallest absolute Gasteiger partial charge is 0.249 e. The molecule has 21 heavy (non-hydrogen) atoms. The lowest BCUT2D eigenvalue weighted by Crippen LogP contribution is -2.60. The number of morpholine rings is 1. The van der Waals surface area contributed by atoms with Crippen LogP contribution < -0.4 is 16.1 Å². The molecule has 0 spiro atoms. The Kier molecular flexibility index (Phi) is 3.61. The number of anilines is 1. The van der Waals surface area contributed by atoms with E-state index in [1.54, 1.807) is 6.20 Å². The molecule has 0 radical (unpaired) electrons. The Balaban J connectivity index is 1.86. The van der Waals surface area contributed by atoms with Crippen molar-refractivity contribution in [2.75, 3.05) is 37.7 Å². The minimum Gasteiger partial charge on any atom is -0.369 e. The van der Waals surface area contributed by atoms with Crippen LogP contribution in [0.4, 0.5) is 5.69 Å². The Bertz CT molecular complexity index is 625. The van der Waals surface area contributed by atoms with Gasteiger partial charge in [0.1, 0.15) is 6.61 Å². The minimum absolute atomic E-state index is 0.0548. The second-order valence-corrected chi connectivity index (χ2v) is 5.10. The first-order valence-electron chi connectivity index (χ1n) is 6.84. The Hall–Kier alpha value is -2.35. The third-order valence-corrected chi connectivity index (χ3v) is 3.72. The number of piperazine rings is 1. The highest BCUT2D eigenvalue weighted by Gasteiger charge is 2.34. The van der Waals surface area contributed by atoms with Crippen LogP contribution in [0.3, 0.4) is 0 Å². The fraction of sp³-hybridized carbons (Fsp3) is 0.462. The highest BCUT2D eigenvalue weighted by Crippen LogP contribution is 2.18. The van der Waals surface area contributed by atoms with Crippen molar-refractivity contribution in [1.29, 1.82) is 5.41 Å². The van der Waals surface area contributed by atoms with Crippen LogP contribution in [0.15, 0.2) is 23.3 Å². The number of nitrogens with one attached hydrogen (secondary N) is 2. The molecule has 1 aromatic rings. The molecule has 112 valence electrons. The summed E-state index contributed by atoms with van der Waals surface area (Å²) in [7, 11) is 0. The van der Waals surface area contributed by atoms with Crippen molar-refractivity contribution in [1.82, 2.24) is 9.88 Å². The van der Waals surface area contributed by atoms with Crippen LogP contribution >= 0.6 is 0 Å². The number of guanidine groups is 1. The summed E-state index contributed by atoms with van der Waals surface area (Å²) in [4.78, 5) is 22.8. The van der Waals surface area contributed by atoms with E-state index in [-0.39, 0.29) is 24.5 Å². The van der Waals surface area contributed by atoms with Gasteiger partial charge in [0, 0.05) is 25.8 Å². The van der Waals surface area contributed by atoms with Gasteiger partial charge in [-0.25, -0.2) is 0 Å². The van der Waals surface area contributed by atoms with Crippen LogP contribution in [0.2, 0.25) is 0 Å². The van der Waals surface area contributed by atoms with Gasteiger partial charge in [0.15, 0.2) is 5.49 Å². The van der Waals surface area contributed by atoms with Gasteiger partial charge in [-0.3, -0.25) is 10.2 Å². The number of H-pyrrole nitrogens is 1. The number of carbonyl (C=O) groups excluding carboxylic acids is 1. The van der Waals surface area contributed by atoms with E-state index < -0.39 is 0 Å². The molecule has 0 saturated carbocycles. The summed E-state index contributed by atoms with van der Waals surface area (Å²) in [5.41, 5.74) is 6.79. The lowest BCUT2D eigenvalue weighted by molar-refractivity contribution is -0.148. The van der Waals surface area contributed by atoms with Gasteiger partial charge in [0.05, 0.1) is 18.3 Å². The summed E-state index contributed by atoms with van der Waals surface area (Å²) < 4.78 is 5.33. The van der Waals surface area contributed by atoms with Gasteiger partial charge in [-0.1, -0.05) is 0 Å². The topological polar surface area (TPSA) is 111 Å². The van der Waals surface area contributed by atoms with E-state index in [2.05, 4.69) is 14.9 Å². The number of amides is 1. The number of hydrogen-bond donors (Lipinski definition) is 3. The van der Waals surface area contributed by atoms with Crippen LogP contribution in [-0.4, -0.2) is 60.6 Å². The molecule has 0 unspecified atom stereocenters. The molecule has 8 nitrogen and oxygen atoms in total. The zero-order valence-corrected chi connectivity index (χ0v) is 11.6. The fourth-order valence-electron chi connectivity index (χ4n) is 2.79. The van der Waals surface area contributed by atoms with Crippen molar-refractivity contribution in [3.63, 3.8) is 0 Å². The number of nitrogens with zero attached hydrogens (tertiary/aromatic N) is 3. The van der Waals surface area contributed by atoms with Gasteiger partial charge in [0.2, 0.25) is 11.9 Å². The molecule has 3 rings (SSSR count). The lowest BCUT2D eigenvalue weighted by atomic mass is 10.1. The zero-order valence-electron chi connectivity index (χ0n) is 11.6. The maximum atomic E-state index is 11.8. The van der Waals surface area contributed by atoms with Gasteiger partial charge in [0.25, 0.3) is 0 Å². The number of aromatic amines is 1. The van der Waals surface area contributed by atoms with Gasteiger partial charge < -0.3 is 25.3 Å². The predicted molar refractivity (Wildman–Crippen MR) is 76.8 cm³/mol. The minimum atomic E-state index is -0.242. The number of rotatable bonds is 1. The number of hydrogen-bond acceptors (Lipinski definition) is 4. The van der Waals surface area contributed by atoms with Gasteiger partial charge in [-0.05, 0) is 12.1 Å². The molecule has 1 atom stereocenters. The maximum Gasteiger partial charge on any atom is 0.249 e. The first kappa shape index (κ1) is 13.6. The lowest BCUT2D eigenvalue weighted by Gasteiger charge is -2.44. The van der Waals surface area contributed by atoms with E-state index in [9.17, 15) is 4.79 Å². The molecular weight excluding hydrogens is 272 g/mol. The molecule has 2 saturated heterocycles. The number of pyridine rings is 1. The Morgan fingerprint density at radius 3 is 3.19 bits per heavy atom. The Morgan fingerprint density at radius 2 is 2.38 bits per heavy atom. The first-order valence-corrected chi connectivity index (χ1v) is 6.84. The quantitative estimate of drug-likeness (QED) is 0.448. The zero-order chi connectivity index (χ0) is 14.8. The van der Waals surface area contributed by atoms with E-state index in [0.29, 0.717) is 25.2 Å². The largest absolute Gasteiger partial charge is 0.369 e. The van der Waals surface area contributed by atoms with Crippen LogP contribution in [0.5, 0.6) is 0 Å². The first-order chi connectivity index (χ1) is 10.1. The summed E-state index contributed by atoms with van der Waals surface area (Å²) >= 11 is 0. The molecule has 4 N–H and O–H groups in total. The molecule has 2 aliphatic heterocycles. The molecule has 1 aromatic heterocycles. The third kappa shape index (κ3) is 2.75. The highest BCUT2D eigenvalue weighted by molar-refractivity contribution is 5.79. The van der Waals surface area contributed by atoms with Gasteiger partial charge in [-0.15, -0.1) is 0 Å². The van der Waals surface area contributed by atoms with E-state index in [4.69, 9.17) is 15.9 Å². The van der Waals surface area contributed by atoms with Crippen LogP contribution in [0.1, 0.15) is 0 Å². The summed E-state index contributed by atoms with van der Waals surface area (Å²) in [5, 5.41) is 7.32. The molecule has 3 heterocycles. The summed E-state index contributed by atoms with van der Waals surface area (Å²) in [5.74, 6) is -0.187. The van der Waals surface area contributed by atoms with Crippen LogP contribution in [0, 0.1) is 5.41 Å². The molecular formula is C13H18N6O2. The SMILES string of the molecule is N=C(N)/N=c1\[nH]cccc1N1CCN2C(=O)COC[C@H]2C1. The molecule has 0 aliphatic carbocycles. The molecule has 2 fully saturated rings. The summed E-state index contributed by atoms with van der Waals surface area (Å²) in [6.45, 7) is 2.81. The van der Waals surface area contributed by atoms with Crippen molar-refractivity contribution in [3.8, 4) is 0 Å². The van der Waals surface area contributed by atoms with Crippen LogP contribution in [-0.2, 0) is 9.53 Å². The highest BCUT2D eigenvalue weighted by atomic mass is 16.5. The fourth-order valence-corrected chi connectivity index (χ4v) is 2.79. The van der Waals surface area contributed by atoms with Crippen molar-refractivity contribution < 1.29 is 9.53 Å². The molecule has 8 heteroatoms. The molecule has 0 aromatic carbocycles. The number of aromatic nitrogens is 1. The average Bonchev–Trinajstić information content (AvgIpc) is 2.47. The van der Waals surface area contributed by atoms with Crippen molar-refractivity contribution in [3.05, 3.63) is 23.8 Å². The second kappa shape index (κ2) is 5.57. The number of ether oxygens (including phenoxy) is 1. The normalized spacial score (nSPS) is 23.1. The van der Waals surface area contributed by atoms with E-state index in [0.717, 1.165) is 12.2 Å². The molecule has 1 amide bonds. The van der Waals surface area contributed by atoms with Gasteiger partial charge >= 0.3 is 0 Å². The number of carbonyl (C=O) groups is 1.